The Balaban J connectivity index is 3.00. The van der Waals surface area contributed by atoms with Gasteiger partial charge in [-0.3, -0.25) is 4.79 Å². The molecule has 0 spiro atoms. The quantitative estimate of drug-likeness (QED) is 0.669. The van der Waals surface area contributed by atoms with Gasteiger partial charge in [0.15, 0.2) is 0 Å². The van der Waals surface area contributed by atoms with Crippen molar-refractivity contribution in [1.29, 1.82) is 0 Å². The van der Waals surface area contributed by atoms with Gasteiger partial charge in [0.2, 0.25) is 0 Å². The molecule has 1 N–H and O–H groups in total. The maximum atomic E-state index is 10.3. The van der Waals surface area contributed by atoms with E-state index in [1.54, 1.807) is 12.1 Å². The largest absolute Gasteiger partial charge is 0.481 e. The summed E-state index contributed by atoms with van der Waals surface area (Å²) in [6, 6.07) is 4.66. The molecule has 0 atom stereocenters. The number of hydrogen-bond acceptors (Lipinski definition) is 1. The molecular formula is C8H8O2. The lowest BCUT2D eigenvalue weighted by Crippen LogP contribution is -1.98. The molecule has 0 heterocycles. The summed E-state index contributed by atoms with van der Waals surface area (Å²) in [5, 5.41) is 8.44. The normalized spacial score (nSPS) is 12.0. The number of carboxylic acids is 1. The number of carbonyl (C=O) groups is 1. The minimum Gasteiger partial charge on any atom is -0.481 e. The Kier molecular flexibility index (Phi) is 1.35. The second kappa shape index (κ2) is 3.01. The van der Waals surface area contributed by atoms with Gasteiger partial charge < -0.3 is 5.11 Å². The molecule has 52 valence electrons. The van der Waals surface area contributed by atoms with Crippen LogP contribution in [0, 0.1) is 0 Å². The smallest absolute Gasteiger partial charge is 0.307 e. The lowest BCUT2D eigenvalue weighted by atomic mass is 10.2. The Morgan fingerprint density at radius 3 is 3.20 bits per heavy atom. The molecule has 0 radical (unpaired) electrons. The Labute approximate surface area is 61.9 Å². The van der Waals surface area contributed by atoms with Gasteiger partial charge in [0.25, 0.3) is 0 Å². The second-order valence-corrected chi connectivity index (χ2v) is 1.89. The zero-order chi connectivity index (χ0) is 9.14. The van der Waals surface area contributed by atoms with E-state index >= 15 is 0 Å². The fourth-order valence-electron chi connectivity index (χ4n) is 0.654. The van der Waals surface area contributed by atoms with Crippen LogP contribution in [0.5, 0.6) is 0 Å². The van der Waals surface area contributed by atoms with Gasteiger partial charge in [0, 0.05) is 0 Å². The van der Waals surface area contributed by atoms with Crippen LogP contribution in [0.3, 0.4) is 0 Å². The Morgan fingerprint density at radius 1 is 1.70 bits per heavy atom. The van der Waals surface area contributed by atoms with Crippen LogP contribution in [0.1, 0.15) is 8.30 Å². The van der Waals surface area contributed by atoms with Crippen molar-refractivity contribution >= 4 is 5.97 Å². The molecule has 2 heteroatoms. The first kappa shape index (κ1) is 4.50. The summed E-state index contributed by atoms with van der Waals surface area (Å²) in [6.07, 6.45) is -0.189. The molecule has 0 amide bonds. The van der Waals surface area contributed by atoms with Gasteiger partial charge in [-0.2, -0.15) is 0 Å². The molecule has 1 rings (SSSR count). The topological polar surface area (TPSA) is 37.3 Å². The van der Waals surface area contributed by atoms with Crippen LogP contribution in [0.2, 0.25) is 0 Å². The number of benzene rings is 1. The van der Waals surface area contributed by atoms with E-state index in [0.29, 0.717) is 5.56 Å². The van der Waals surface area contributed by atoms with Crippen LogP contribution in [0.4, 0.5) is 0 Å². The van der Waals surface area contributed by atoms with Crippen molar-refractivity contribution in [2.75, 3.05) is 0 Å². The van der Waals surface area contributed by atoms with Crippen LogP contribution in [-0.4, -0.2) is 11.1 Å². The highest BCUT2D eigenvalue weighted by Crippen LogP contribution is 1.98. The summed E-state index contributed by atoms with van der Waals surface area (Å²) < 4.78 is 14.6. The zero-order valence-corrected chi connectivity index (χ0v) is 5.29. The Bertz CT molecular complexity index is 310. The summed E-state index contributed by atoms with van der Waals surface area (Å²) in [5.41, 5.74) is 0.384. The van der Waals surface area contributed by atoms with Gasteiger partial charge in [-0.05, 0) is 5.56 Å². The van der Waals surface area contributed by atoms with E-state index in [-0.39, 0.29) is 18.5 Å². The first-order valence-electron chi connectivity index (χ1n) is 3.88. The van der Waals surface area contributed by atoms with E-state index < -0.39 is 5.97 Å². The van der Waals surface area contributed by atoms with Crippen molar-refractivity contribution in [2.45, 2.75) is 6.42 Å². The molecular weight excluding hydrogens is 128 g/mol. The highest BCUT2D eigenvalue weighted by Gasteiger charge is 1.96. The van der Waals surface area contributed by atoms with Crippen LogP contribution < -0.4 is 0 Å². The van der Waals surface area contributed by atoms with Crippen molar-refractivity contribution in [3.63, 3.8) is 0 Å². The van der Waals surface area contributed by atoms with E-state index in [4.69, 9.17) is 7.85 Å². The maximum Gasteiger partial charge on any atom is 0.307 e. The second-order valence-electron chi connectivity index (χ2n) is 1.89. The first-order chi connectivity index (χ1) is 5.61. The fraction of sp³-hybridized carbons (Fsp3) is 0.125. The summed E-state index contributed by atoms with van der Waals surface area (Å²) in [7, 11) is 0. The predicted molar refractivity (Wildman–Crippen MR) is 37.8 cm³/mol. The third-order valence-corrected chi connectivity index (χ3v) is 1.05. The van der Waals surface area contributed by atoms with Crippen LogP contribution in [0.25, 0.3) is 0 Å². The standard InChI is InChI=1S/C8H8O2/c9-8(10)6-7-4-2-1-3-5-7/h1-5H,6H2,(H,9,10)/i2D,4D. The zero-order valence-electron chi connectivity index (χ0n) is 7.29. The number of rotatable bonds is 2. The summed E-state index contributed by atoms with van der Waals surface area (Å²) in [4.78, 5) is 10.3. The van der Waals surface area contributed by atoms with E-state index in [1.807, 2.05) is 0 Å². The number of aliphatic carboxylic acids is 1. The molecule has 0 unspecified atom stereocenters. The molecule has 1 aromatic carbocycles. The number of hydrogen-bond donors (Lipinski definition) is 1. The van der Waals surface area contributed by atoms with Gasteiger partial charge in [-0.15, -0.1) is 0 Å². The third kappa shape index (κ3) is 1.90. The Hall–Kier alpha value is -1.31. The average molecular weight is 138 g/mol. The fourth-order valence-corrected chi connectivity index (χ4v) is 0.654. The minimum absolute atomic E-state index is 0.0000926. The molecule has 0 bridgehead atoms. The lowest BCUT2D eigenvalue weighted by Gasteiger charge is -1.92. The van der Waals surface area contributed by atoms with Gasteiger partial charge in [-0.1, -0.05) is 30.3 Å². The van der Waals surface area contributed by atoms with E-state index in [0.717, 1.165) is 0 Å². The highest BCUT2D eigenvalue weighted by molar-refractivity contribution is 5.70. The van der Waals surface area contributed by atoms with Gasteiger partial charge >= 0.3 is 5.97 Å². The molecule has 0 saturated carbocycles. The summed E-state index contributed by atoms with van der Waals surface area (Å²) >= 11 is 0. The molecule has 2 nitrogen and oxygen atoms in total. The number of carboxylic acid groups (broad SMARTS) is 1. The van der Waals surface area contributed by atoms with Gasteiger partial charge in [-0.25, -0.2) is 0 Å². The monoisotopic (exact) mass is 138 g/mol. The van der Waals surface area contributed by atoms with E-state index in [2.05, 4.69) is 0 Å². The average Bonchev–Trinajstić information content (AvgIpc) is 1.98. The van der Waals surface area contributed by atoms with E-state index in [9.17, 15) is 4.79 Å². The van der Waals surface area contributed by atoms with E-state index in [1.165, 1.54) is 6.07 Å². The Morgan fingerprint density at radius 2 is 2.50 bits per heavy atom. The van der Waals surface area contributed by atoms with Gasteiger partial charge in [0.1, 0.15) is 0 Å². The highest BCUT2D eigenvalue weighted by atomic mass is 16.4. The van der Waals surface area contributed by atoms with Crippen molar-refractivity contribution in [1.82, 2.24) is 0 Å². The van der Waals surface area contributed by atoms with Crippen LogP contribution in [-0.2, 0) is 11.2 Å². The molecule has 0 aliphatic heterocycles. The van der Waals surface area contributed by atoms with Gasteiger partial charge in [0.05, 0.1) is 9.16 Å². The molecule has 10 heavy (non-hydrogen) atoms. The molecule has 0 saturated heterocycles. The van der Waals surface area contributed by atoms with Crippen molar-refractivity contribution in [2.24, 2.45) is 0 Å². The molecule has 1 aromatic rings. The molecule has 0 fully saturated rings. The molecule has 0 aliphatic carbocycles. The maximum absolute atomic E-state index is 10.3. The third-order valence-electron chi connectivity index (χ3n) is 1.05. The summed E-state index contributed by atoms with van der Waals surface area (Å²) in [5.74, 6) is -0.978. The summed E-state index contributed by atoms with van der Waals surface area (Å²) in [6.45, 7) is 0. The molecule has 0 aromatic heterocycles. The molecule has 0 aliphatic rings. The predicted octanol–water partition coefficient (Wildman–Crippen LogP) is 1.31. The van der Waals surface area contributed by atoms with Crippen LogP contribution >= 0.6 is 0 Å². The van der Waals surface area contributed by atoms with Crippen LogP contribution in [0.15, 0.2) is 30.3 Å². The SMILES string of the molecule is [2H]c1cccc(CC(=O)O)c1[2H]. The minimum atomic E-state index is -0.978. The van der Waals surface area contributed by atoms with Crippen molar-refractivity contribution < 1.29 is 12.6 Å². The first-order valence-corrected chi connectivity index (χ1v) is 2.88. The van der Waals surface area contributed by atoms with Crippen molar-refractivity contribution in [3.8, 4) is 0 Å². The lowest BCUT2D eigenvalue weighted by molar-refractivity contribution is -0.136. The van der Waals surface area contributed by atoms with Crippen molar-refractivity contribution in [3.05, 3.63) is 35.8 Å².